The summed E-state index contributed by atoms with van der Waals surface area (Å²) in [6, 6.07) is -0.00553. The van der Waals surface area contributed by atoms with Gasteiger partial charge in [0.2, 0.25) is 11.7 Å². The Balaban J connectivity index is 1.56. The van der Waals surface area contributed by atoms with Gasteiger partial charge in [-0.25, -0.2) is 4.98 Å². The molecule has 0 radical (unpaired) electrons. The number of hydrogen-bond acceptors (Lipinski definition) is 5. The van der Waals surface area contributed by atoms with E-state index in [1.807, 2.05) is 11.9 Å². The lowest BCUT2D eigenvalue weighted by Crippen LogP contribution is -2.55. The van der Waals surface area contributed by atoms with E-state index in [0.29, 0.717) is 26.2 Å². The highest BCUT2D eigenvalue weighted by atomic mass is 16.2. The Bertz CT molecular complexity index is 538. The van der Waals surface area contributed by atoms with E-state index in [-0.39, 0.29) is 23.7 Å². The number of rotatable bonds is 2. The molecular weight excluding hydrogens is 296 g/mol. The van der Waals surface area contributed by atoms with Gasteiger partial charge < -0.3 is 9.80 Å². The van der Waals surface area contributed by atoms with E-state index in [9.17, 15) is 9.59 Å². The molecule has 1 aromatic rings. The van der Waals surface area contributed by atoms with Crippen molar-refractivity contribution in [2.24, 2.45) is 0 Å². The SMILES string of the molecule is CN1CCCCC[C@H]1C(=O)N1CCN(C(=O)c2ncn[nH]2)CC1. The number of H-pyrrole nitrogens is 1. The summed E-state index contributed by atoms with van der Waals surface area (Å²) in [7, 11) is 2.04. The molecule has 126 valence electrons. The summed E-state index contributed by atoms with van der Waals surface area (Å²) in [6.45, 7) is 3.25. The van der Waals surface area contributed by atoms with Crippen LogP contribution in [0.2, 0.25) is 0 Å². The Morgan fingerprint density at radius 1 is 1.09 bits per heavy atom. The van der Waals surface area contributed by atoms with Gasteiger partial charge in [0.1, 0.15) is 6.33 Å². The Hall–Kier alpha value is -1.96. The second-order valence-electron chi connectivity index (χ2n) is 6.30. The molecule has 1 atom stereocenters. The molecule has 0 spiro atoms. The van der Waals surface area contributed by atoms with Crippen LogP contribution in [0.25, 0.3) is 0 Å². The maximum Gasteiger partial charge on any atom is 0.291 e. The van der Waals surface area contributed by atoms with E-state index in [2.05, 4.69) is 20.1 Å². The van der Waals surface area contributed by atoms with Crippen molar-refractivity contribution in [3.05, 3.63) is 12.2 Å². The molecule has 2 aliphatic rings. The number of likely N-dealkylation sites (N-methyl/N-ethyl adjacent to an activating group) is 1. The van der Waals surface area contributed by atoms with Gasteiger partial charge in [0.15, 0.2) is 0 Å². The predicted octanol–water partition coefficient (Wildman–Crippen LogP) is -0.0365. The average molecular weight is 320 g/mol. The van der Waals surface area contributed by atoms with Crippen molar-refractivity contribution >= 4 is 11.8 Å². The number of piperazine rings is 1. The fraction of sp³-hybridized carbons (Fsp3) is 0.733. The molecule has 8 heteroatoms. The van der Waals surface area contributed by atoms with Gasteiger partial charge in [0.25, 0.3) is 5.91 Å². The third-order valence-corrected chi connectivity index (χ3v) is 4.80. The average Bonchev–Trinajstić information content (AvgIpc) is 3.03. The second kappa shape index (κ2) is 7.08. The molecule has 3 heterocycles. The van der Waals surface area contributed by atoms with Crippen LogP contribution in [0.4, 0.5) is 0 Å². The summed E-state index contributed by atoms with van der Waals surface area (Å²) in [5, 5.41) is 6.30. The fourth-order valence-electron chi connectivity index (χ4n) is 3.36. The second-order valence-corrected chi connectivity index (χ2v) is 6.30. The van der Waals surface area contributed by atoms with Gasteiger partial charge in [-0.2, -0.15) is 5.10 Å². The summed E-state index contributed by atoms with van der Waals surface area (Å²) >= 11 is 0. The maximum atomic E-state index is 12.8. The minimum absolute atomic E-state index is 0.00553. The van der Waals surface area contributed by atoms with Gasteiger partial charge in [0.05, 0.1) is 6.04 Å². The molecule has 2 fully saturated rings. The molecule has 0 aromatic carbocycles. The Labute approximate surface area is 135 Å². The summed E-state index contributed by atoms with van der Waals surface area (Å²) in [5.41, 5.74) is 0. The van der Waals surface area contributed by atoms with Crippen LogP contribution in [0.5, 0.6) is 0 Å². The molecule has 8 nitrogen and oxygen atoms in total. The maximum absolute atomic E-state index is 12.8. The van der Waals surface area contributed by atoms with Gasteiger partial charge in [-0.05, 0) is 26.4 Å². The van der Waals surface area contributed by atoms with E-state index in [1.165, 1.54) is 19.2 Å². The summed E-state index contributed by atoms with van der Waals surface area (Å²) in [5.74, 6) is 0.315. The molecule has 23 heavy (non-hydrogen) atoms. The normalized spacial score (nSPS) is 23.6. The van der Waals surface area contributed by atoms with Crippen LogP contribution >= 0.6 is 0 Å². The lowest BCUT2D eigenvalue weighted by molar-refractivity contribution is -0.138. The van der Waals surface area contributed by atoms with Crippen LogP contribution in [0.15, 0.2) is 6.33 Å². The standard InChI is InChI=1S/C15H24N6O2/c1-19-6-4-2-3-5-12(19)14(22)20-7-9-21(10-8-20)15(23)13-16-11-17-18-13/h11-12H,2-10H2,1H3,(H,16,17,18)/t12-/m0/s1. The molecule has 3 rings (SSSR count). The Morgan fingerprint density at radius 3 is 2.52 bits per heavy atom. The largest absolute Gasteiger partial charge is 0.338 e. The molecule has 0 saturated carbocycles. The molecular formula is C15H24N6O2. The van der Waals surface area contributed by atoms with E-state index < -0.39 is 0 Å². The molecule has 1 aromatic heterocycles. The van der Waals surface area contributed by atoms with Crippen LogP contribution < -0.4 is 0 Å². The van der Waals surface area contributed by atoms with Crippen molar-refractivity contribution in [3.8, 4) is 0 Å². The van der Waals surface area contributed by atoms with Crippen molar-refractivity contribution in [3.63, 3.8) is 0 Å². The number of amides is 2. The quantitative estimate of drug-likeness (QED) is 0.827. The monoisotopic (exact) mass is 320 g/mol. The highest BCUT2D eigenvalue weighted by Crippen LogP contribution is 2.18. The number of nitrogens with zero attached hydrogens (tertiary/aromatic N) is 5. The molecule has 0 bridgehead atoms. The first-order valence-corrected chi connectivity index (χ1v) is 8.30. The number of nitrogens with one attached hydrogen (secondary N) is 1. The Kier molecular flexibility index (Phi) is 4.90. The van der Waals surface area contributed by atoms with E-state index in [4.69, 9.17) is 0 Å². The van der Waals surface area contributed by atoms with Crippen molar-refractivity contribution in [1.29, 1.82) is 0 Å². The Morgan fingerprint density at radius 2 is 1.83 bits per heavy atom. The van der Waals surface area contributed by atoms with Crippen LogP contribution in [0, 0.1) is 0 Å². The first kappa shape index (κ1) is 15.9. The first-order valence-electron chi connectivity index (χ1n) is 8.30. The highest BCUT2D eigenvalue weighted by Gasteiger charge is 2.32. The number of carbonyl (C=O) groups is 2. The smallest absolute Gasteiger partial charge is 0.291 e. The van der Waals surface area contributed by atoms with Crippen LogP contribution in [0.3, 0.4) is 0 Å². The van der Waals surface area contributed by atoms with Crippen molar-refractivity contribution in [2.75, 3.05) is 39.8 Å². The van der Waals surface area contributed by atoms with Gasteiger partial charge >= 0.3 is 0 Å². The highest BCUT2D eigenvalue weighted by molar-refractivity contribution is 5.90. The van der Waals surface area contributed by atoms with E-state index >= 15 is 0 Å². The lowest BCUT2D eigenvalue weighted by atomic mass is 10.1. The van der Waals surface area contributed by atoms with Gasteiger partial charge in [0, 0.05) is 26.2 Å². The summed E-state index contributed by atoms with van der Waals surface area (Å²) < 4.78 is 0. The summed E-state index contributed by atoms with van der Waals surface area (Å²) in [6.07, 6.45) is 5.75. The zero-order valence-corrected chi connectivity index (χ0v) is 13.6. The van der Waals surface area contributed by atoms with Crippen LogP contribution in [-0.4, -0.2) is 87.5 Å². The fourth-order valence-corrected chi connectivity index (χ4v) is 3.36. The van der Waals surface area contributed by atoms with Gasteiger partial charge in [-0.1, -0.05) is 12.8 Å². The minimum atomic E-state index is -0.152. The zero-order chi connectivity index (χ0) is 16.2. The van der Waals surface area contributed by atoms with E-state index in [1.54, 1.807) is 4.90 Å². The molecule has 0 unspecified atom stereocenters. The number of aromatic nitrogens is 3. The molecule has 1 N–H and O–H groups in total. The minimum Gasteiger partial charge on any atom is -0.338 e. The van der Waals surface area contributed by atoms with Gasteiger partial charge in [-0.15, -0.1) is 0 Å². The van der Waals surface area contributed by atoms with E-state index in [0.717, 1.165) is 19.4 Å². The number of aromatic amines is 1. The van der Waals surface area contributed by atoms with Crippen molar-refractivity contribution in [1.82, 2.24) is 29.9 Å². The first-order chi connectivity index (χ1) is 11.2. The lowest BCUT2D eigenvalue weighted by Gasteiger charge is -2.37. The van der Waals surface area contributed by atoms with Crippen LogP contribution in [0.1, 0.15) is 36.3 Å². The summed E-state index contributed by atoms with van der Waals surface area (Å²) in [4.78, 5) is 34.7. The molecule has 2 aliphatic heterocycles. The molecule has 0 aliphatic carbocycles. The van der Waals surface area contributed by atoms with Crippen molar-refractivity contribution in [2.45, 2.75) is 31.7 Å². The topological polar surface area (TPSA) is 85.4 Å². The molecule has 2 saturated heterocycles. The number of likely N-dealkylation sites (tertiary alicyclic amines) is 1. The van der Waals surface area contributed by atoms with Crippen molar-refractivity contribution < 1.29 is 9.59 Å². The van der Waals surface area contributed by atoms with Gasteiger partial charge in [-0.3, -0.25) is 19.6 Å². The number of hydrogen-bond donors (Lipinski definition) is 1. The zero-order valence-electron chi connectivity index (χ0n) is 13.6. The number of carbonyl (C=O) groups excluding carboxylic acids is 2. The molecule has 2 amide bonds. The third kappa shape index (κ3) is 3.52. The third-order valence-electron chi connectivity index (χ3n) is 4.80. The predicted molar refractivity (Wildman–Crippen MR) is 83.8 cm³/mol. The van der Waals surface area contributed by atoms with Crippen LogP contribution in [-0.2, 0) is 4.79 Å².